The molecule has 0 aromatic heterocycles. The van der Waals surface area contributed by atoms with Crippen molar-refractivity contribution < 1.29 is 23.9 Å². The van der Waals surface area contributed by atoms with Crippen molar-refractivity contribution in [3.63, 3.8) is 0 Å². The Morgan fingerprint density at radius 3 is 2.04 bits per heavy atom. The highest BCUT2D eigenvalue weighted by Crippen LogP contribution is 2.16. The number of carbonyl (C=O) groups is 3. The summed E-state index contributed by atoms with van der Waals surface area (Å²) in [6.07, 6.45) is -0.158. The third-order valence-electron chi connectivity index (χ3n) is 3.50. The Labute approximate surface area is 171 Å². The molecule has 0 bridgehead atoms. The molecule has 28 heavy (non-hydrogen) atoms. The zero-order chi connectivity index (χ0) is 20.4. The summed E-state index contributed by atoms with van der Waals surface area (Å²) in [7, 11) is 0. The third kappa shape index (κ3) is 7.79. The minimum Gasteiger partial charge on any atom is -0.494 e. The standard InChI is InChI=1S/C20H21BrN2O5/c1-2-27-17-9-7-16(8-10-17)22-18(24)11-12-20(26)28-13-19(25)23-15-5-3-14(21)4-6-15/h3-10H,2,11-13H2,1H3,(H,22,24)(H,23,25). The highest BCUT2D eigenvalue weighted by atomic mass is 79.9. The molecule has 0 aliphatic carbocycles. The minimum absolute atomic E-state index is 0.0413. The SMILES string of the molecule is CCOc1ccc(NC(=O)CCC(=O)OCC(=O)Nc2ccc(Br)cc2)cc1. The molecule has 0 heterocycles. The van der Waals surface area contributed by atoms with Crippen LogP contribution in [0, 0.1) is 0 Å². The second kappa shape index (κ2) is 11.1. The van der Waals surface area contributed by atoms with Gasteiger partial charge in [0.1, 0.15) is 5.75 Å². The molecule has 2 aromatic rings. The Balaban J connectivity index is 1.66. The number of ether oxygens (including phenoxy) is 2. The van der Waals surface area contributed by atoms with Gasteiger partial charge in [0.2, 0.25) is 5.91 Å². The van der Waals surface area contributed by atoms with Crippen LogP contribution in [0.1, 0.15) is 19.8 Å². The lowest BCUT2D eigenvalue weighted by Crippen LogP contribution is -2.21. The zero-order valence-corrected chi connectivity index (χ0v) is 17.0. The Hall–Kier alpha value is -2.87. The van der Waals surface area contributed by atoms with Crippen molar-refractivity contribution in [1.82, 2.24) is 0 Å². The van der Waals surface area contributed by atoms with E-state index in [1.807, 2.05) is 6.92 Å². The molecule has 2 rings (SSSR count). The predicted molar refractivity (Wildman–Crippen MR) is 109 cm³/mol. The van der Waals surface area contributed by atoms with Crippen molar-refractivity contribution in [3.8, 4) is 5.75 Å². The van der Waals surface area contributed by atoms with Crippen LogP contribution in [-0.2, 0) is 19.1 Å². The van der Waals surface area contributed by atoms with Crippen molar-refractivity contribution >= 4 is 45.1 Å². The normalized spacial score (nSPS) is 10.1. The maximum Gasteiger partial charge on any atom is 0.306 e. The molecule has 0 fully saturated rings. The summed E-state index contributed by atoms with van der Waals surface area (Å²) in [4.78, 5) is 35.4. The third-order valence-corrected chi connectivity index (χ3v) is 4.03. The molecule has 0 atom stereocenters. The number of carbonyl (C=O) groups excluding carboxylic acids is 3. The van der Waals surface area contributed by atoms with Crippen LogP contribution >= 0.6 is 15.9 Å². The first kappa shape index (κ1) is 21.4. The van der Waals surface area contributed by atoms with E-state index in [9.17, 15) is 14.4 Å². The van der Waals surface area contributed by atoms with Crippen molar-refractivity contribution in [2.75, 3.05) is 23.8 Å². The van der Waals surface area contributed by atoms with E-state index in [4.69, 9.17) is 9.47 Å². The lowest BCUT2D eigenvalue weighted by atomic mass is 10.2. The fourth-order valence-electron chi connectivity index (χ4n) is 2.19. The summed E-state index contributed by atoms with van der Waals surface area (Å²) >= 11 is 3.30. The lowest BCUT2D eigenvalue weighted by Gasteiger charge is -2.08. The molecule has 0 aliphatic heterocycles. The van der Waals surface area contributed by atoms with Crippen LogP contribution in [0.5, 0.6) is 5.75 Å². The van der Waals surface area contributed by atoms with E-state index in [2.05, 4.69) is 26.6 Å². The van der Waals surface area contributed by atoms with Gasteiger partial charge in [-0.2, -0.15) is 0 Å². The number of hydrogen-bond donors (Lipinski definition) is 2. The van der Waals surface area contributed by atoms with Gasteiger partial charge in [0, 0.05) is 22.3 Å². The Kier molecular flexibility index (Phi) is 8.48. The Morgan fingerprint density at radius 2 is 1.43 bits per heavy atom. The molecule has 8 heteroatoms. The summed E-state index contributed by atoms with van der Waals surface area (Å²) in [5, 5.41) is 5.29. The van der Waals surface area contributed by atoms with Gasteiger partial charge in [0.15, 0.2) is 6.61 Å². The van der Waals surface area contributed by atoms with Crippen molar-refractivity contribution in [2.45, 2.75) is 19.8 Å². The van der Waals surface area contributed by atoms with Crippen LogP contribution in [0.25, 0.3) is 0 Å². The highest BCUT2D eigenvalue weighted by molar-refractivity contribution is 9.10. The van der Waals surface area contributed by atoms with Gasteiger partial charge in [-0.3, -0.25) is 14.4 Å². The van der Waals surface area contributed by atoms with E-state index in [-0.39, 0.29) is 18.7 Å². The molecule has 0 radical (unpaired) electrons. The van der Waals surface area contributed by atoms with Gasteiger partial charge in [-0.15, -0.1) is 0 Å². The first-order valence-corrected chi connectivity index (χ1v) is 9.49. The zero-order valence-electron chi connectivity index (χ0n) is 15.4. The van der Waals surface area contributed by atoms with Gasteiger partial charge in [0.05, 0.1) is 13.0 Å². The second-order valence-electron chi connectivity index (χ2n) is 5.72. The quantitative estimate of drug-likeness (QED) is 0.569. The van der Waals surface area contributed by atoms with E-state index < -0.39 is 18.5 Å². The van der Waals surface area contributed by atoms with E-state index in [0.717, 1.165) is 4.47 Å². The fourth-order valence-corrected chi connectivity index (χ4v) is 2.45. The number of halogens is 1. The van der Waals surface area contributed by atoms with E-state index in [1.54, 1.807) is 48.5 Å². The van der Waals surface area contributed by atoms with Gasteiger partial charge in [-0.1, -0.05) is 15.9 Å². The smallest absolute Gasteiger partial charge is 0.306 e. The monoisotopic (exact) mass is 448 g/mol. The molecule has 0 saturated carbocycles. The molecule has 2 aromatic carbocycles. The van der Waals surface area contributed by atoms with Gasteiger partial charge < -0.3 is 20.1 Å². The summed E-state index contributed by atoms with van der Waals surface area (Å²) in [6, 6.07) is 13.9. The van der Waals surface area contributed by atoms with Gasteiger partial charge in [-0.05, 0) is 55.5 Å². The summed E-state index contributed by atoms with van der Waals surface area (Å²) < 4.78 is 11.1. The molecule has 148 valence electrons. The second-order valence-corrected chi connectivity index (χ2v) is 6.64. The fraction of sp³-hybridized carbons (Fsp3) is 0.250. The van der Waals surface area contributed by atoms with E-state index >= 15 is 0 Å². The molecule has 0 unspecified atom stereocenters. The van der Waals surface area contributed by atoms with Crippen molar-refractivity contribution in [3.05, 3.63) is 53.0 Å². The number of esters is 1. The molecule has 2 amide bonds. The lowest BCUT2D eigenvalue weighted by molar-refractivity contribution is -0.147. The van der Waals surface area contributed by atoms with Gasteiger partial charge >= 0.3 is 5.97 Å². The van der Waals surface area contributed by atoms with Gasteiger partial charge in [0.25, 0.3) is 5.91 Å². The van der Waals surface area contributed by atoms with Crippen LogP contribution in [0.3, 0.4) is 0 Å². The molecule has 7 nitrogen and oxygen atoms in total. The summed E-state index contributed by atoms with van der Waals surface area (Å²) in [5.74, 6) is -0.673. The number of anilines is 2. The minimum atomic E-state index is -0.618. The average molecular weight is 449 g/mol. The molecule has 0 saturated heterocycles. The summed E-state index contributed by atoms with van der Waals surface area (Å²) in [5.41, 5.74) is 1.20. The molecule has 0 spiro atoms. The average Bonchev–Trinajstić information content (AvgIpc) is 2.68. The molecule has 0 aliphatic rings. The van der Waals surface area contributed by atoms with Crippen molar-refractivity contribution in [2.24, 2.45) is 0 Å². The predicted octanol–water partition coefficient (Wildman–Crippen LogP) is 3.75. The largest absolute Gasteiger partial charge is 0.494 e. The molecular formula is C20H21BrN2O5. The summed E-state index contributed by atoms with van der Waals surface area (Å²) in [6.45, 7) is 2.05. The number of amides is 2. The van der Waals surface area contributed by atoms with E-state index in [0.29, 0.717) is 23.7 Å². The van der Waals surface area contributed by atoms with Crippen LogP contribution in [0.15, 0.2) is 53.0 Å². The van der Waals surface area contributed by atoms with Crippen LogP contribution in [-0.4, -0.2) is 31.0 Å². The number of benzene rings is 2. The highest BCUT2D eigenvalue weighted by Gasteiger charge is 2.11. The number of nitrogens with one attached hydrogen (secondary N) is 2. The van der Waals surface area contributed by atoms with E-state index in [1.165, 1.54) is 0 Å². The topological polar surface area (TPSA) is 93.7 Å². The van der Waals surface area contributed by atoms with Crippen LogP contribution in [0.2, 0.25) is 0 Å². The van der Waals surface area contributed by atoms with Crippen molar-refractivity contribution in [1.29, 1.82) is 0 Å². The first-order chi connectivity index (χ1) is 13.5. The molecule has 2 N–H and O–H groups in total. The Morgan fingerprint density at radius 1 is 0.857 bits per heavy atom. The van der Waals surface area contributed by atoms with Gasteiger partial charge in [-0.25, -0.2) is 0 Å². The number of hydrogen-bond acceptors (Lipinski definition) is 5. The maximum atomic E-state index is 11.9. The Bertz CT molecular complexity index is 806. The van der Waals surface area contributed by atoms with Crippen LogP contribution in [0.4, 0.5) is 11.4 Å². The molecular weight excluding hydrogens is 428 g/mol. The van der Waals surface area contributed by atoms with Crippen LogP contribution < -0.4 is 15.4 Å². The first-order valence-electron chi connectivity index (χ1n) is 8.70. The maximum absolute atomic E-state index is 11.9. The number of rotatable bonds is 9.